The third kappa shape index (κ3) is 6.63. The van der Waals surface area contributed by atoms with Crippen LogP contribution in [0.15, 0.2) is 12.2 Å². The second-order valence-corrected chi connectivity index (χ2v) is 6.13. The van der Waals surface area contributed by atoms with Crippen molar-refractivity contribution in [2.45, 2.75) is 32.3 Å². The molecule has 0 aliphatic rings. The maximum Gasteiger partial charge on any atom is 0.326 e. The number of ether oxygens (including phenoxy) is 3. The van der Waals surface area contributed by atoms with E-state index in [-0.39, 0.29) is 6.61 Å². The van der Waals surface area contributed by atoms with Crippen molar-refractivity contribution in [3.63, 3.8) is 0 Å². The van der Waals surface area contributed by atoms with Crippen molar-refractivity contribution in [3.8, 4) is 0 Å². The average molecular weight is 278 g/mol. The summed E-state index contributed by atoms with van der Waals surface area (Å²) in [5.41, 5.74) is 0.972. The van der Waals surface area contributed by atoms with Gasteiger partial charge in [0.2, 0.25) is 0 Å². The van der Waals surface area contributed by atoms with Crippen molar-refractivity contribution < 1.29 is 23.1 Å². The second-order valence-electron chi connectivity index (χ2n) is 4.13. The molecule has 1 atom stereocenters. The Bertz CT molecular complexity index is 231. The fraction of sp³-hybridized carbons (Fsp3) is 0.833. The summed E-state index contributed by atoms with van der Waals surface area (Å²) in [4.78, 5) is 0. The first-order valence-electron chi connectivity index (χ1n) is 6.06. The molecule has 0 aromatic carbocycles. The molecular formula is C12H26O5Si. The van der Waals surface area contributed by atoms with Gasteiger partial charge in [0, 0.05) is 21.3 Å². The lowest BCUT2D eigenvalue weighted by Gasteiger charge is -2.33. The summed E-state index contributed by atoms with van der Waals surface area (Å²) < 4.78 is 27.2. The predicted molar refractivity (Wildman–Crippen MR) is 72.7 cm³/mol. The quantitative estimate of drug-likeness (QED) is 0.328. The maximum absolute atomic E-state index is 5.87. The average Bonchev–Trinajstić information content (AvgIpc) is 2.35. The molecule has 0 fully saturated rings. The molecule has 0 aliphatic heterocycles. The van der Waals surface area contributed by atoms with Crippen LogP contribution in [0.1, 0.15) is 20.3 Å². The van der Waals surface area contributed by atoms with Gasteiger partial charge in [-0.2, -0.15) is 0 Å². The minimum Gasteiger partial charge on any atom is -0.392 e. The van der Waals surface area contributed by atoms with E-state index in [1.807, 2.05) is 6.92 Å². The molecule has 0 radical (unpaired) electrons. The highest BCUT2D eigenvalue weighted by Gasteiger charge is 2.35. The molecule has 5 nitrogen and oxygen atoms in total. The third-order valence-electron chi connectivity index (χ3n) is 2.29. The zero-order valence-electron chi connectivity index (χ0n) is 12.2. The van der Waals surface area contributed by atoms with Crippen molar-refractivity contribution in [2.75, 3.05) is 34.5 Å². The van der Waals surface area contributed by atoms with E-state index in [4.69, 9.17) is 23.1 Å². The van der Waals surface area contributed by atoms with Crippen LogP contribution in [-0.2, 0) is 23.1 Å². The fourth-order valence-corrected chi connectivity index (χ4v) is 3.31. The third-order valence-corrected chi connectivity index (χ3v) is 4.50. The second kappa shape index (κ2) is 9.66. The van der Waals surface area contributed by atoms with Crippen LogP contribution >= 0.6 is 0 Å². The van der Waals surface area contributed by atoms with Gasteiger partial charge in [0.15, 0.2) is 0 Å². The first-order chi connectivity index (χ1) is 8.53. The van der Waals surface area contributed by atoms with E-state index in [1.54, 1.807) is 7.11 Å². The molecule has 0 bridgehead atoms. The Labute approximate surface area is 112 Å². The molecule has 0 heterocycles. The Hall–Kier alpha value is -0.243. The lowest BCUT2D eigenvalue weighted by atomic mass is 10.4. The topological polar surface area (TPSA) is 46.2 Å². The first kappa shape index (κ1) is 17.8. The molecule has 0 N–H and O–H groups in total. The monoisotopic (exact) mass is 278 g/mol. The van der Waals surface area contributed by atoms with Gasteiger partial charge in [-0.05, 0) is 13.0 Å². The molecule has 0 saturated carbocycles. The molecule has 6 heteroatoms. The number of methoxy groups -OCH3 is 3. The summed E-state index contributed by atoms with van der Waals surface area (Å²) in [5, 5.41) is 0. The molecule has 0 spiro atoms. The van der Waals surface area contributed by atoms with Gasteiger partial charge in [-0.1, -0.05) is 25.5 Å². The molecule has 108 valence electrons. The maximum atomic E-state index is 5.87. The number of hydrogen-bond acceptors (Lipinski definition) is 5. The van der Waals surface area contributed by atoms with Gasteiger partial charge in [-0.25, -0.2) is 0 Å². The Morgan fingerprint density at radius 1 is 1.22 bits per heavy atom. The van der Waals surface area contributed by atoms with E-state index in [0.717, 1.165) is 18.0 Å². The fourth-order valence-electron chi connectivity index (χ4n) is 1.36. The van der Waals surface area contributed by atoms with Gasteiger partial charge in [0.1, 0.15) is 6.61 Å². The van der Waals surface area contributed by atoms with Crippen LogP contribution < -0.4 is 0 Å². The van der Waals surface area contributed by atoms with Gasteiger partial charge in [-0.15, -0.1) is 0 Å². The standard InChI is InChI=1S/C12H26O5Si/c1-7-8-18(16-9-11(2)3)17-12(14-5,15-6)10-13-4/h18H,2,7-10H2,1,3-6H3. The molecule has 0 aromatic rings. The van der Waals surface area contributed by atoms with E-state index >= 15 is 0 Å². The van der Waals surface area contributed by atoms with Gasteiger partial charge in [-0.3, -0.25) is 0 Å². The number of rotatable bonds is 11. The van der Waals surface area contributed by atoms with Gasteiger partial charge in [0.05, 0.1) is 6.61 Å². The summed E-state index contributed by atoms with van der Waals surface area (Å²) in [5.74, 6) is -1.17. The summed E-state index contributed by atoms with van der Waals surface area (Å²) in [7, 11) is 2.75. The van der Waals surface area contributed by atoms with E-state index in [1.165, 1.54) is 14.2 Å². The molecule has 0 rings (SSSR count). The highest BCUT2D eigenvalue weighted by molar-refractivity contribution is 6.44. The minimum atomic E-state index is -1.87. The molecule has 0 saturated heterocycles. The largest absolute Gasteiger partial charge is 0.392 e. The van der Waals surface area contributed by atoms with Crippen molar-refractivity contribution in [3.05, 3.63) is 12.2 Å². The minimum absolute atomic E-state index is 0.198. The van der Waals surface area contributed by atoms with Crippen molar-refractivity contribution in [1.29, 1.82) is 0 Å². The summed E-state index contributed by atoms with van der Waals surface area (Å²) >= 11 is 0. The molecule has 0 aromatic heterocycles. The summed E-state index contributed by atoms with van der Waals surface area (Å²) in [6.07, 6.45) is 0.990. The van der Waals surface area contributed by atoms with Crippen LogP contribution in [0, 0.1) is 0 Å². The lowest BCUT2D eigenvalue weighted by molar-refractivity contribution is -0.345. The van der Waals surface area contributed by atoms with Crippen molar-refractivity contribution in [2.24, 2.45) is 0 Å². The Morgan fingerprint density at radius 2 is 1.83 bits per heavy atom. The van der Waals surface area contributed by atoms with Crippen LogP contribution in [0.25, 0.3) is 0 Å². The van der Waals surface area contributed by atoms with Gasteiger partial charge >= 0.3 is 9.28 Å². The predicted octanol–water partition coefficient (Wildman–Crippen LogP) is 1.82. The van der Waals surface area contributed by atoms with E-state index in [9.17, 15) is 0 Å². The Morgan fingerprint density at radius 3 is 2.22 bits per heavy atom. The van der Waals surface area contributed by atoms with Crippen LogP contribution in [0.2, 0.25) is 6.04 Å². The van der Waals surface area contributed by atoms with Crippen LogP contribution in [0.4, 0.5) is 0 Å². The Kier molecular flexibility index (Phi) is 9.53. The molecule has 0 aliphatic carbocycles. The summed E-state index contributed by atoms with van der Waals surface area (Å²) in [6, 6.07) is 0.880. The normalized spacial score (nSPS) is 13.6. The highest BCUT2D eigenvalue weighted by atomic mass is 28.3. The highest BCUT2D eigenvalue weighted by Crippen LogP contribution is 2.18. The zero-order chi connectivity index (χ0) is 14.0. The van der Waals surface area contributed by atoms with Crippen molar-refractivity contribution in [1.82, 2.24) is 0 Å². The van der Waals surface area contributed by atoms with E-state index in [0.29, 0.717) is 6.61 Å². The first-order valence-corrected chi connectivity index (χ1v) is 7.82. The van der Waals surface area contributed by atoms with E-state index in [2.05, 4.69) is 13.5 Å². The number of hydrogen-bond donors (Lipinski definition) is 0. The SMILES string of the molecule is C=C(C)CO[SiH](CCC)OC(COC)(OC)OC. The molecule has 18 heavy (non-hydrogen) atoms. The zero-order valence-corrected chi connectivity index (χ0v) is 13.3. The molecule has 0 amide bonds. The van der Waals surface area contributed by atoms with Crippen LogP contribution in [0.3, 0.4) is 0 Å². The van der Waals surface area contributed by atoms with Gasteiger partial charge < -0.3 is 23.1 Å². The van der Waals surface area contributed by atoms with Crippen LogP contribution in [-0.4, -0.2) is 49.8 Å². The van der Waals surface area contributed by atoms with Crippen molar-refractivity contribution >= 4 is 9.28 Å². The van der Waals surface area contributed by atoms with Gasteiger partial charge in [0.25, 0.3) is 5.97 Å². The Balaban J connectivity index is 4.53. The lowest BCUT2D eigenvalue weighted by Crippen LogP contribution is -2.47. The summed E-state index contributed by atoms with van der Waals surface area (Å²) in [6.45, 7) is 8.53. The molecule has 1 unspecified atom stereocenters. The molecular weight excluding hydrogens is 252 g/mol. The van der Waals surface area contributed by atoms with E-state index < -0.39 is 15.3 Å². The van der Waals surface area contributed by atoms with Crippen LogP contribution in [0.5, 0.6) is 0 Å². The smallest absolute Gasteiger partial charge is 0.326 e.